The highest BCUT2D eigenvalue weighted by molar-refractivity contribution is 9.10. The molecule has 6 heteroatoms. The Labute approximate surface area is 156 Å². The molecule has 4 nitrogen and oxygen atoms in total. The third-order valence-corrected chi connectivity index (χ3v) is 4.39. The maximum absolute atomic E-state index is 13.9. The second kappa shape index (κ2) is 8.97. The maximum atomic E-state index is 13.9. The van der Waals surface area contributed by atoms with E-state index in [0.717, 1.165) is 11.3 Å². The van der Waals surface area contributed by atoms with Crippen LogP contribution in [0.5, 0.6) is 5.75 Å². The standard InChI is InChI=1S/C19H22BrFN2O2/c1-4-25-16-8-5-14(6-9-16)12-23(3)13(2)19(24)22-18-10-7-15(20)11-17(18)21/h5-11,13H,4,12H2,1-3H3,(H,22,24)/t13-/m0/s1. The van der Waals surface area contributed by atoms with E-state index in [-0.39, 0.29) is 11.6 Å². The van der Waals surface area contributed by atoms with Crippen LogP contribution in [0.15, 0.2) is 46.9 Å². The van der Waals surface area contributed by atoms with Gasteiger partial charge in [0.1, 0.15) is 11.6 Å². The van der Waals surface area contributed by atoms with Crippen LogP contribution in [0.1, 0.15) is 19.4 Å². The summed E-state index contributed by atoms with van der Waals surface area (Å²) in [5.74, 6) is 0.101. The molecule has 0 aromatic heterocycles. The molecule has 2 aromatic carbocycles. The van der Waals surface area contributed by atoms with E-state index in [4.69, 9.17) is 4.74 Å². The predicted octanol–water partition coefficient (Wildman–Crippen LogP) is 4.45. The quantitative estimate of drug-likeness (QED) is 0.735. The smallest absolute Gasteiger partial charge is 0.241 e. The summed E-state index contributed by atoms with van der Waals surface area (Å²) in [4.78, 5) is 14.3. The normalized spacial score (nSPS) is 12.1. The zero-order chi connectivity index (χ0) is 18.4. The Hall–Kier alpha value is -1.92. The number of amides is 1. The number of halogens is 2. The van der Waals surface area contributed by atoms with Crippen molar-refractivity contribution in [3.63, 3.8) is 0 Å². The van der Waals surface area contributed by atoms with Gasteiger partial charge < -0.3 is 10.1 Å². The highest BCUT2D eigenvalue weighted by atomic mass is 79.9. The maximum Gasteiger partial charge on any atom is 0.241 e. The van der Waals surface area contributed by atoms with E-state index in [9.17, 15) is 9.18 Å². The van der Waals surface area contributed by atoms with Gasteiger partial charge in [-0.25, -0.2) is 4.39 Å². The minimum absolute atomic E-state index is 0.175. The van der Waals surface area contributed by atoms with Gasteiger partial charge in [0.15, 0.2) is 0 Å². The van der Waals surface area contributed by atoms with E-state index in [1.54, 1.807) is 13.0 Å². The molecule has 0 bridgehead atoms. The molecule has 1 N–H and O–H groups in total. The van der Waals surface area contributed by atoms with Gasteiger partial charge in [-0.15, -0.1) is 0 Å². The lowest BCUT2D eigenvalue weighted by Crippen LogP contribution is -2.39. The van der Waals surface area contributed by atoms with Crippen LogP contribution in [-0.4, -0.2) is 30.5 Å². The van der Waals surface area contributed by atoms with Crippen molar-refractivity contribution >= 4 is 27.5 Å². The Morgan fingerprint density at radius 3 is 2.56 bits per heavy atom. The van der Waals surface area contributed by atoms with Crippen molar-refractivity contribution in [1.29, 1.82) is 0 Å². The number of nitrogens with zero attached hydrogens (tertiary/aromatic N) is 1. The van der Waals surface area contributed by atoms with Crippen molar-refractivity contribution in [2.24, 2.45) is 0 Å². The first-order valence-electron chi connectivity index (χ1n) is 8.08. The van der Waals surface area contributed by atoms with E-state index < -0.39 is 11.9 Å². The Morgan fingerprint density at radius 2 is 1.96 bits per heavy atom. The largest absolute Gasteiger partial charge is 0.494 e. The molecule has 0 heterocycles. The second-order valence-corrected chi connectivity index (χ2v) is 6.70. The molecule has 0 spiro atoms. The average molecular weight is 409 g/mol. The predicted molar refractivity (Wildman–Crippen MR) is 101 cm³/mol. The average Bonchev–Trinajstić information content (AvgIpc) is 2.58. The number of carbonyl (C=O) groups is 1. The monoisotopic (exact) mass is 408 g/mol. The third kappa shape index (κ3) is 5.54. The number of likely N-dealkylation sites (N-methyl/N-ethyl adjacent to an activating group) is 1. The molecule has 25 heavy (non-hydrogen) atoms. The summed E-state index contributed by atoms with van der Waals surface area (Å²) in [5, 5.41) is 2.63. The first-order valence-corrected chi connectivity index (χ1v) is 8.88. The van der Waals surface area contributed by atoms with Crippen LogP contribution < -0.4 is 10.1 Å². The van der Waals surface area contributed by atoms with Crippen LogP contribution in [0.2, 0.25) is 0 Å². The summed E-state index contributed by atoms with van der Waals surface area (Å²) in [6, 6.07) is 11.9. The number of hydrogen-bond donors (Lipinski definition) is 1. The number of anilines is 1. The molecule has 2 rings (SSSR count). The lowest BCUT2D eigenvalue weighted by Gasteiger charge is -2.24. The molecule has 134 valence electrons. The molecule has 0 aliphatic heterocycles. The van der Waals surface area contributed by atoms with Crippen LogP contribution in [0.3, 0.4) is 0 Å². The summed E-state index contributed by atoms with van der Waals surface area (Å²) >= 11 is 3.20. The van der Waals surface area contributed by atoms with E-state index >= 15 is 0 Å². The van der Waals surface area contributed by atoms with Gasteiger partial charge >= 0.3 is 0 Å². The lowest BCUT2D eigenvalue weighted by molar-refractivity contribution is -0.120. The van der Waals surface area contributed by atoms with E-state index in [0.29, 0.717) is 17.6 Å². The second-order valence-electron chi connectivity index (χ2n) is 5.78. The summed E-state index contributed by atoms with van der Waals surface area (Å²) in [6.07, 6.45) is 0. The van der Waals surface area contributed by atoms with Gasteiger partial charge in [0.05, 0.1) is 18.3 Å². The minimum atomic E-state index is -0.468. The minimum Gasteiger partial charge on any atom is -0.494 e. The molecule has 0 saturated carbocycles. The summed E-state index contributed by atoms with van der Waals surface area (Å²) < 4.78 is 19.9. The lowest BCUT2D eigenvalue weighted by atomic mass is 10.1. The van der Waals surface area contributed by atoms with Crippen molar-refractivity contribution in [3.05, 3.63) is 58.3 Å². The van der Waals surface area contributed by atoms with Crippen LogP contribution in [0, 0.1) is 5.82 Å². The molecule has 0 fully saturated rings. The molecule has 2 aromatic rings. The Morgan fingerprint density at radius 1 is 1.28 bits per heavy atom. The third-order valence-electron chi connectivity index (χ3n) is 3.90. The van der Waals surface area contributed by atoms with Gasteiger partial charge in [-0.3, -0.25) is 9.69 Å². The molecule has 0 unspecified atom stereocenters. The summed E-state index contributed by atoms with van der Waals surface area (Å²) in [7, 11) is 1.86. The van der Waals surface area contributed by atoms with Gasteiger partial charge in [-0.05, 0) is 56.8 Å². The first kappa shape index (κ1) is 19.4. The van der Waals surface area contributed by atoms with Crippen LogP contribution in [-0.2, 0) is 11.3 Å². The van der Waals surface area contributed by atoms with Gasteiger partial charge in [-0.1, -0.05) is 28.1 Å². The zero-order valence-electron chi connectivity index (χ0n) is 14.6. The SMILES string of the molecule is CCOc1ccc(CN(C)[C@@H](C)C(=O)Nc2ccc(Br)cc2F)cc1. The fraction of sp³-hybridized carbons (Fsp3) is 0.316. The van der Waals surface area contributed by atoms with Crippen molar-refractivity contribution in [1.82, 2.24) is 4.90 Å². The van der Waals surface area contributed by atoms with Crippen molar-refractivity contribution in [3.8, 4) is 5.75 Å². The van der Waals surface area contributed by atoms with Crippen molar-refractivity contribution in [2.45, 2.75) is 26.4 Å². The molecule has 0 aliphatic rings. The fourth-order valence-electron chi connectivity index (χ4n) is 2.31. The topological polar surface area (TPSA) is 41.6 Å². The molecule has 1 atom stereocenters. The molecular formula is C19H22BrFN2O2. The molecule has 0 saturated heterocycles. The van der Waals surface area contributed by atoms with Gasteiger partial charge in [0.25, 0.3) is 0 Å². The number of rotatable bonds is 7. The highest BCUT2D eigenvalue weighted by Gasteiger charge is 2.19. The van der Waals surface area contributed by atoms with Crippen LogP contribution >= 0.6 is 15.9 Å². The van der Waals surface area contributed by atoms with E-state index in [2.05, 4.69) is 21.2 Å². The van der Waals surface area contributed by atoms with Gasteiger partial charge in [0, 0.05) is 11.0 Å². The highest BCUT2D eigenvalue weighted by Crippen LogP contribution is 2.20. The van der Waals surface area contributed by atoms with Gasteiger partial charge in [0.2, 0.25) is 5.91 Å². The number of nitrogens with one attached hydrogen (secondary N) is 1. The molecule has 1 amide bonds. The van der Waals surface area contributed by atoms with Crippen molar-refractivity contribution in [2.75, 3.05) is 19.0 Å². The Kier molecular flexibility index (Phi) is 6.96. The zero-order valence-corrected chi connectivity index (χ0v) is 16.1. The summed E-state index contributed by atoms with van der Waals surface area (Å²) in [5.41, 5.74) is 1.25. The number of hydrogen-bond acceptors (Lipinski definition) is 3. The van der Waals surface area contributed by atoms with Crippen molar-refractivity contribution < 1.29 is 13.9 Å². The number of ether oxygens (including phenoxy) is 1. The Bertz CT molecular complexity index is 722. The first-order chi connectivity index (χ1) is 11.9. The number of benzene rings is 2. The summed E-state index contributed by atoms with van der Waals surface area (Å²) in [6.45, 7) is 4.96. The molecule has 0 radical (unpaired) electrons. The van der Waals surface area contributed by atoms with Gasteiger partial charge in [-0.2, -0.15) is 0 Å². The van der Waals surface area contributed by atoms with E-state index in [1.807, 2.05) is 43.1 Å². The Balaban J connectivity index is 1.96. The molecule has 0 aliphatic carbocycles. The van der Waals surface area contributed by atoms with Crippen LogP contribution in [0.25, 0.3) is 0 Å². The van der Waals surface area contributed by atoms with Crippen LogP contribution in [0.4, 0.5) is 10.1 Å². The molecular weight excluding hydrogens is 387 g/mol. The fourth-order valence-corrected chi connectivity index (χ4v) is 2.64. The van der Waals surface area contributed by atoms with E-state index in [1.165, 1.54) is 12.1 Å². The number of carbonyl (C=O) groups excluding carboxylic acids is 1.